The van der Waals surface area contributed by atoms with E-state index in [2.05, 4.69) is 10.6 Å². The standard InChI is InChI=1S/C16H12F2N2O3/c1-8-15(21)19-12-7-2-4-9(14(12)23-8)16(22)20-13-10(17)5-3-6-11(13)18/h2-8H,1H3,(H,19,21)(H,20,22). The SMILES string of the molecule is CC1Oc2c(cccc2C(=O)Nc2c(F)cccc2F)NC1=O. The normalized spacial score (nSPS) is 16.1. The summed E-state index contributed by atoms with van der Waals surface area (Å²) in [6, 6.07) is 7.82. The Morgan fingerprint density at radius 2 is 1.83 bits per heavy atom. The first-order valence-corrected chi connectivity index (χ1v) is 6.83. The van der Waals surface area contributed by atoms with Gasteiger partial charge in [-0.2, -0.15) is 0 Å². The molecule has 118 valence electrons. The van der Waals surface area contributed by atoms with E-state index >= 15 is 0 Å². The Balaban J connectivity index is 1.95. The van der Waals surface area contributed by atoms with Crippen molar-refractivity contribution in [2.24, 2.45) is 0 Å². The molecule has 7 heteroatoms. The van der Waals surface area contributed by atoms with Crippen LogP contribution in [0.15, 0.2) is 36.4 Å². The van der Waals surface area contributed by atoms with E-state index in [-0.39, 0.29) is 17.2 Å². The van der Waals surface area contributed by atoms with Crippen molar-refractivity contribution in [3.8, 4) is 5.75 Å². The summed E-state index contributed by atoms with van der Waals surface area (Å²) >= 11 is 0. The van der Waals surface area contributed by atoms with E-state index in [9.17, 15) is 18.4 Å². The molecule has 3 rings (SSSR count). The molecule has 2 amide bonds. The zero-order valence-electron chi connectivity index (χ0n) is 12.0. The van der Waals surface area contributed by atoms with Gasteiger partial charge < -0.3 is 15.4 Å². The van der Waals surface area contributed by atoms with Gasteiger partial charge in [0.15, 0.2) is 11.9 Å². The molecule has 0 saturated heterocycles. The van der Waals surface area contributed by atoms with Crippen LogP contribution >= 0.6 is 0 Å². The molecule has 0 aromatic heterocycles. The summed E-state index contributed by atoms with van der Waals surface area (Å²) in [6.45, 7) is 1.53. The molecule has 0 fully saturated rings. The van der Waals surface area contributed by atoms with Crippen LogP contribution in [0.1, 0.15) is 17.3 Å². The molecule has 1 atom stereocenters. The number of rotatable bonds is 2. The number of anilines is 2. The van der Waals surface area contributed by atoms with Crippen molar-refractivity contribution in [3.63, 3.8) is 0 Å². The summed E-state index contributed by atoms with van der Waals surface area (Å²) in [5.41, 5.74) is -0.144. The molecule has 2 N–H and O–H groups in total. The van der Waals surface area contributed by atoms with Gasteiger partial charge >= 0.3 is 0 Å². The van der Waals surface area contributed by atoms with E-state index in [1.165, 1.54) is 25.1 Å². The monoisotopic (exact) mass is 318 g/mol. The Bertz CT molecular complexity index is 788. The Labute approximate surface area is 130 Å². The smallest absolute Gasteiger partial charge is 0.265 e. The molecule has 1 aliphatic heterocycles. The number of halogens is 2. The highest BCUT2D eigenvalue weighted by Gasteiger charge is 2.28. The lowest BCUT2D eigenvalue weighted by molar-refractivity contribution is -0.122. The molecule has 23 heavy (non-hydrogen) atoms. The van der Waals surface area contributed by atoms with E-state index in [0.29, 0.717) is 5.69 Å². The Morgan fingerprint density at radius 1 is 1.17 bits per heavy atom. The summed E-state index contributed by atoms with van der Waals surface area (Å²) in [5, 5.41) is 4.79. The van der Waals surface area contributed by atoms with Crippen molar-refractivity contribution in [1.29, 1.82) is 0 Å². The third-order valence-electron chi connectivity index (χ3n) is 3.38. The van der Waals surface area contributed by atoms with Gasteiger partial charge in [-0.25, -0.2) is 8.78 Å². The van der Waals surface area contributed by atoms with Crippen LogP contribution in [0.4, 0.5) is 20.2 Å². The lowest BCUT2D eigenvalue weighted by Gasteiger charge is -2.25. The third kappa shape index (κ3) is 2.73. The van der Waals surface area contributed by atoms with Crippen LogP contribution in [-0.2, 0) is 4.79 Å². The minimum atomic E-state index is -0.884. The van der Waals surface area contributed by atoms with Crippen LogP contribution in [-0.4, -0.2) is 17.9 Å². The number of carbonyl (C=O) groups is 2. The number of fused-ring (bicyclic) bond motifs is 1. The second-order valence-corrected chi connectivity index (χ2v) is 4.98. The lowest BCUT2D eigenvalue weighted by atomic mass is 10.1. The van der Waals surface area contributed by atoms with Crippen molar-refractivity contribution in [1.82, 2.24) is 0 Å². The zero-order chi connectivity index (χ0) is 16.6. The van der Waals surface area contributed by atoms with Crippen LogP contribution in [0.2, 0.25) is 0 Å². The van der Waals surface area contributed by atoms with Gasteiger partial charge in [0.05, 0.1) is 11.3 Å². The first kappa shape index (κ1) is 15.0. The summed E-state index contributed by atoms with van der Waals surface area (Å²) in [5.74, 6) is -2.69. The summed E-state index contributed by atoms with van der Waals surface area (Å²) in [6.07, 6.45) is -0.776. The molecule has 2 aromatic carbocycles. The molecule has 0 radical (unpaired) electrons. The van der Waals surface area contributed by atoms with Crippen LogP contribution in [0, 0.1) is 11.6 Å². The zero-order valence-corrected chi connectivity index (χ0v) is 12.0. The van der Waals surface area contributed by atoms with Crippen LogP contribution in [0.5, 0.6) is 5.75 Å². The first-order valence-electron chi connectivity index (χ1n) is 6.83. The van der Waals surface area contributed by atoms with Crippen LogP contribution in [0.3, 0.4) is 0 Å². The predicted octanol–water partition coefficient (Wildman–Crippen LogP) is 2.94. The van der Waals surface area contributed by atoms with Gasteiger partial charge in [0.25, 0.3) is 11.8 Å². The van der Waals surface area contributed by atoms with E-state index in [4.69, 9.17) is 4.74 Å². The van der Waals surface area contributed by atoms with Gasteiger partial charge in [-0.05, 0) is 31.2 Å². The summed E-state index contributed by atoms with van der Waals surface area (Å²) < 4.78 is 32.7. The molecule has 5 nitrogen and oxygen atoms in total. The summed E-state index contributed by atoms with van der Waals surface area (Å²) in [4.78, 5) is 23.9. The summed E-state index contributed by atoms with van der Waals surface area (Å²) in [7, 11) is 0. The minimum absolute atomic E-state index is 0.0667. The fourth-order valence-electron chi connectivity index (χ4n) is 2.20. The highest BCUT2D eigenvalue weighted by atomic mass is 19.1. The van der Waals surface area contributed by atoms with Crippen molar-refractivity contribution < 1.29 is 23.1 Å². The fourth-order valence-corrected chi connectivity index (χ4v) is 2.20. The third-order valence-corrected chi connectivity index (χ3v) is 3.38. The van der Waals surface area contributed by atoms with Gasteiger partial charge in [0, 0.05) is 0 Å². The number of nitrogens with one attached hydrogen (secondary N) is 2. The molecule has 0 saturated carbocycles. The number of hydrogen-bond acceptors (Lipinski definition) is 3. The second-order valence-electron chi connectivity index (χ2n) is 4.98. The Hall–Kier alpha value is -2.96. The quantitative estimate of drug-likeness (QED) is 0.894. The average molecular weight is 318 g/mol. The minimum Gasteiger partial charge on any atom is -0.478 e. The molecule has 0 aliphatic carbocycles. The molecular weight excluding hydrogens is 306 g/mol. The molecule has 2 aromatic rings. The van der Waals surface area contributed by atoms with E-state index in [1.54, 1.807) is 6.07 Å². The Kier molecular flexibility index (Phi) is 3.69. The van der Waals surface area contributed by atoms with Crippen molar-refractivity contribution in [3.05, 3.63) is 53.6 Å². The molecular formula is C16H12F2N2O3. The van der Waals surface area contributed by atoms with Crippen LogP contribution in [0.25, 0.3) is 0 Å². The topological polar surface area (TPSA) is 67.4 Å². The molecule has 1 aliphatic rings. The van der Waals surface area contributed by atoms with Crippen molar-refractivity contribution in [2.75, 3.05) is 10.6 Å². The largest absolute Gasteiger partial charge is 0.478 e. The van der Waals surface area contributed by atoms with Gasteiger partial charge in [0.1, 0.15) is 17.3 Å². The average Bonchev–Trinajstić information content (AvgIpc) is 2.51. The maximum absolute atomic E-state index is 13.6. The maximum Gasteiger partial charge on any atom is 0.265 e. The molecule has 0 bridgehead atoms. The lowest BCUT2D eigenvalue weighted by Crippen LogP contribution is -2.35. The van der Waals surface area contributed by atoms with Crippen molar-refractivity contribution >= 4 is 23.2 Å². The number of ether oxygens (including phenoxy) is 1. The van der Waals surface area contributed by atoms with Gasteiger partial charge in [0.2, 0.25) is 0 Å². The van der Waals surface area contributed by atoms with E-state index < -0.39 is 29.3 Å². The number of para-hydroxylation sites is 2. The number of hydrogen-bond donors (Lipinski definition) is 2. The fraction of sp³-hybridized carbons (Fsp3) is 0.125. The number of carbonyl (C=O) groups excluding carboxylic acids is 2. The number of amides is 2. The van der Waals surface area contributed by atoms with E-state index in [0.717, 1.165) is 12.1 Å². The molecule has 1 unspecified atom stereocenters. The predicted molar refractivity (Wildman–Crippen MR) is 79.5 cm³/mol. The van der Waals surface area contributed by atoms with Gasteiger partial charge in [-0.15, -0.1) is 0 Å². The highest BCUT2D eigenvalue weighted by Crippen LogP contribution is 2.34. The molecule has 1 heterocycles. The second kappa shape index (κ2) is 5.68. The highest BCUT2D eigenvalue weighted by molar-refractivity contribution is 6.09. The van der Waals surface area contributed by atoms with Crippen LogP contribution < -0.4 is 15.4 Å². The van der Waals surface area contributed by atoms with Gasteiger partial charge in [-0.3, -0.25) is 9.59 Å². The molecule has 0 spiro atoms. The van der Waals surface area contributed by atoms with E-state index in [1.807, 2.05) is 0 Å². The van der Waals surface area contributed by atoms with Gasteiger partial charge in [-0.1, -0.05) is 12.1 Å². The maximum atomic E-state index is 13.6. The number of benzene rings is 2. The Morgan fingerprint density at radius 3 is 2.52 bits per heavy atom. The van der Waals surface area contributed by atoms with Crippen molar-refractivity contribution in [2.45, 2.75) is 13.0 Å². The first-order chi connectivity index (χ1) is 11.0.